The van der Waals surface area contributed by atoms with E-state index < -0.39 is 0 Å². The van der Waals surface area contributed by atoms with Crippen molar-refractivity contribution < 1.29 is 4.92 Å². The zero-order chi connectivity index (χ0) is 13.8. The predicted octanol–water partition coefficient (Wildman–Crippen LogP) is 2.29. The fraction of sp³-hybridized carbons (Fsp3) is 0.308. The zero-order valence-electron chi connectivity index (χ0n) is 11.0. The van der Waals surface area contributed by atoms with Crippen molar-refractivity contribution in [2.24, 2.45) is 7.05 Å². The number of aryl methyl sites for hydroxylation is 2. The minimum atomic E-state index is -0.365. The highest BCUT2D eigenvalue weighted by Crippen LogP contribution is 2.25. The first-order valence-electron chi connectivity index (χ1n) is 6.03. The molecule has 0 aliphatic carbocycles. The SMILES string of the molecule is Cc1ccc(NCCc2ccn(C)n2)c([N+](=O)[O-])c1. The topological polar surface area (TPSA) is 73.0 Å². The largest absolute Gasteiger partial charge is 0.379 e. The first-order valence-corrected chi connectivity index (χ1v) is 6.03. The number of nitro groups is 1. The molecule has 6 heteroatoms. The van der Waals surface area contributed by atoms with Gasteiger partial charge >= 0.3 is 0 Å². The molecule has 0 spiro atoms. The lowest BCUT2D eigenvalue weighted by molar-refractivity contribution is -0.384. The third-order valence-electron chi connectivity index (χ3n) is 2.82. The van der Waals surface area contributed by atoms with Gasteiger partial charge in [-0.2, -0.15) is 5.10 Å². The maximum atomic E-state index is 11.0. The van der Waals surface area contributed by atoms with Crippen LogP contribution in [0.1, 0.15) is 11.3 Å². The number of nitro benzene ring substituents is 1. The molecular formula is C13H16N4O2. The number of nitrogens with one attached hydrogen (secondary N) is 1. The van der Waals surface area contributed by atoms with Gasteiger partial charge in [0.25, 0.3) is 5.69 Å². The second-order valence-electron chi connectivity index (χ2n) is 4.44. The summed E-state index contributed by atoms with van der Waals surface area (Å²) in [6.45, 7) is 2.45. The van der Waals surface area contributed by atoms with Gasteiger partial charge in [0.05, 0.1) is 10.6 Å². The highest BCUT2D eigenvalue weighted by Gasteiger charge is 2.13. The third kappa shape index (κ3) is 3.31. The highest BCUT2D eigenvalue weighted by atomic mass is 16.6. The molecule has 19 heavy (non-hydrogen) atoms. The first kappa shape index (κ1) is 13.1. The second kappa shape index (κ2) is 5.51. The van der Waals surface area contributed by atoms with Gasteiger partial charge in [-0.3, -0.25) is 14.8 Å². The van der Waals surface area contributed by atoms with Crippen LogP contribution in [0.4, 0.5) is 11.4 Å². The van der Waals surface area contributed by atoms with E-state index in [1.54, 1.807) is 16.8 Å². The van der Waals surface area contributed by atoms with Crippen LogP contribution in [0.25, 0.3) is 0 Å². The fourth-order valence-corrected chi connectivity index (χ4v) is 1.86. The van der Waals surface area contributed by atoms with Gasteiger partial charge in [-0.15, -0.1) is 0 Å². The Hall–Kier alpha value is -2.37. The molecule has 0 aliphatic heterocycles. The van der Waals surface area contributed by atoms with Gasteiger partial charge in [0.2, 0.25) is 0 Å². The highest BCUT2D eigenvalue weighted by molar-refractivity contribution is 5.62. The minimum absolute atomic E-state index is 0.112. The molecule has 1 heterocycles. The molecule has 0 bridgehead atoms. The summed E-state index contributed by atoms with van der Waals surface area (Å²) in [5, 5.41) is 18.3. The number of hydrogen-bond donors (Lipinski definition) is 1. The van der Waals surface area contributed by atoms with Crippen LogP contribution in [0, 0.1) is 17.0 Å². The lowest BCUT2D eigenvalue weighted by atomic mass is 10.2. The molecule has 0 aliphatic rings. The van der Waals surface area contributed by atoms with Gasteiger partial charge in [-0.05, 0) is 24.6 Å². The van der Waals surface area contributed by atoms with Crippen molar-refractivity contribution in [3.63, 3.8) is 0 Å². The Morgan fingerprint density at radius 3 is 2.84 bits per heavy atom. The third-order valence-corrected chi connectivity index (χ3v) is 2.82. The minimum Gasteiger partial charge on any atom is -0.379 e. The van der Waals surface area contributed by atoms with Gasteiger partial charge < -0.3 is 5.32 Å². The molecule has 1 aromatic carbocycles. The normalized spacial score (nSPS) is 10.4. The number of nitrogens with zero attached hydrogens (tertiary/aromatic N) is 3. The van der Waals surface area contributed by atoms with Crippen molar-refractivity contribution in [2.45, 2.75) is 13.3 Å². The van der Waals surface area contributed by atoms with E-state index in [0.29, 0.717) is 12.2 Å². The first-order chi connectivity index (χ1) is 9.06. The summed E-state index contributed by atoms with van der Waals surface area (Å²) in [6.07, 6.45) is 2.61. The van der Waals surface area contributed by atoms with E-state index in [-0.39, 0.29) is 10.6 Å². The molecule has 1 N–H and O–H groups in total. The summed E-state index contributed by atoms with van der Waals surface area (Å²) in [6, 6.07) is 7.11. The summed E-state index contributed by atoms with van der Waals surface area (Å²) in [7, 11) is 1.86. The van der Waals surface area contributed by atoms with E-state index in [0.717, 1.165) is 17.7 Å². The quantitative estimate of drug-likeness (QED) is 0.661. The van der Waals surface area contributed by atoms with Gasteiger partial charge in [0.1, 0.15) is 5.69 Å². The molecule has 0 saturated carbocycles. The molecule has 2 aromatic rings. The zero-order valence-corrected chi connectivity index (χ0v) is 11.0. The van der Waals surface area contributed by atoms with Gasteiger partial charge in [-0.25, -0.2) is 0 Å². The predicted molar refractivity (Wildman–Crippen MR) is 73.2 cm³/mol. The molecule has 0 unspecified atom stereocenters. The average molecular weight is 260 g/mol. The standard InChI is InChI=1S/C13H16N4O2/c1-10-3-4-12(13(9-10)17(18)19)14-7-5-11-6-8-16(2)15-11/h3-4,6,8-9,14H,5,7H2,1-2H3. The van der Waals surface area contributed by atoms with Crippen LogP contribution >= 0.6 is 0 Å². The number of hydrogen-bond acceptors (Lipinski definition) is 4. The lowest BCUT2D eigenvalue weighted by Gasteiger charge is -2.06. The molecule has 1 aromatic heterocycles. The van der Waals surface area contributed by atoms with Gasteiger partial charge in [-0.1, -0.05) is 6.07 Å². The number of benzene rings is 1. The van der Waals surface area contributed by atoms with E-state index in [9.17, 15) is 10.1 Å². The molecule has 0 atom stereocenters. The van der Waals surface area contributed by atoms with Gasteiger partial charge in [0, 0.05) is 32.3 Å². The van der Waals surface area contributed by atoms with Crippen molar-refractivity contribution in [2.75, 3.05) is 11.9 Å². The van der Waals surface area contributed by atoms with Crippen LogP contribution in [0.2, 0.25) is 0 Å². The van der Waals surface area contributed by atoms with E-state index >= 15 is 0 Å². The van der Waals surface area contributed by atoms with Crippen molar-refractivity contribution in [3.05, 3.63) is 51.8 Å². The van der Waals surface area contributed by atoms with Crippen LogP contribution in [-0.2, 0) is 13.5 Å². The van der Waals surface area contributed by atoms with E-state index in [4.69, 9.17) is 0 Å². The van der Waals surface area contributed by atoms with Crippen LogP contribution < -0.4 is 5.32 Å². The number of anilines is 1. The maximum absolute atomic E-state index is 11.0. The smallest absolute Gasteiger partial charge is 0.292 e. The Morgan fingerprint density at radius 2 is 2.21 bits per heavy atom. The van der Waals surface area contributed by atoms with Crippen LogP contribution in [0.3, 0.4) is 0 Å². The number of aromatic nitrogens is 2. The Balaban J connectivity index is 2.01. The van der Waals surface area contributed by atoms with E-state index in [1.807, 2.05) is 32.3 Å². The average Bonchev–Trinajstić information content (AvgIpc) is 2.77. The molecule has 100 valence electrons. The van der Waals surface area contributed by atoms with E-state index in [1.165, 1.54) is 0 Å². The summed E-state index contributed by atoms with van der Waals surface area (Å²) < 4.78 is 1.74. The Kier molecular flexibility index (Phi) is 3.79. The van der Waals surface area contributed by atoms with Crippen molar-refractivity contribution in [3.8, 4) is 0 Å². The molecule has 0 radical (unpaired) electrons. The molecule has 0 amide bonds. The number of rotatable bonds is 5. The Bertz CT molecular complexity index is 592. The van der Waals surface area contributed by atoms with E-state index in [2.05, 4.69) is 10.4 Å². The second-order valence-corrected chi connectivity index (χ2v) is 4.44. The summed E-state index contributed by atoms with van der Waals surface area (Å²) >= 11 is 0. The van der Waals surface area contributed by atoms with Crippen LogP contribution in [0.5, 0.6) is 0 Å². The van der Waals surface area contributed by atoms with Crippen molar-refractivity contribution in [1.29, 1.82) is 0 Å². The lowest BCUT2D eigenvalue weighted by Crippen LogP contribution is -2.07. The van der Waals surface area contributed by atoms with Crippen LogP contribution in [-0.4, -0.2) is 21.2 Å². The monoisotopic (exact) mass is 260 g/mol. The summed E-state index contributed by atoms with van der Waals surface area (Å²) in [4.78, 5) is 10.6. The molecule has 0 saturated heterocycles. The summed E-state index contributed by atoms with van der Waals surface area (Å²) in [5.74, 6) is 0. The van der Waals surface area contributed by atoms with Crippen LogP contribution in [0.15, 0.2) is 30.5 Å². The Morgan fingerprint density at radius 1 is 1.42 bits per heavy atom. The van der Waals surface area contributed by atoms with Crippen molar-refractivity contribution in [1.82, 2.24) is 9.78 Å². The molecular weight excluding hydrogens is 244 g/mol. The van der Waals surface area contributed by atoms with Gasteiger partial charge in [0.15, 0.2) is 0 Å². The Labute approximate surface area is 111 Å². The fourth-order valence-electron chi connectivity index (χ4n) is 1.86. The maximum Gasteiger partial charge on any atom is 0.292 e. The molecule has 2 rings (SSSR count). The summed E-state index contributed by atoms with van der Waals surface area (Å²) in [5.41, 5.74) is 2.50. The van der Waals surface area contributed by atoms with Crippen molar-refractivity contribution >= 4 is 11.4 Å². The molecule has 6 nitrogen and oxygen atoms in total. The molecule has 0 fully saturated rings.